The molecule has 0 bridgehead atoms. The van der Waals surface area contributed by atoms with Crippen molar-refractivity contribution in [2.45, 2.75) is 6.23 Å². The Morgan fingerprint density at radius 3 is 3.00 bits per heavy atom. The summed E-state index contributed by atoms with van der Waals surface area (Å²) in [6.07, 6.45) is 2.57. The van der Waals surface area contributed by atoms with Gasteiger partial charge in [0.1, 0.15) is 0 Å². The molecule has 0 aromatic heterocycles. The molecule has 1 aliphatic heterocycles. The van der Waals surface area contributed by atoms with Crippen LogP contribution in [0, 0.1) is 0 Å². The molecule has 0 amide bonds. The lowest BCUT2D eigenvalue weighted by Crippen LogP contribution is -2.31. The SMILES string of the molecule is CN1C=NC=C(Br)C1O. The van der Waals surface area contributed by atoms with Crippen molar-refractivity contribution in [1.29, 1.82) is 0 Å². The Morgan fingerprint density at radius 1 is 1.89 bits per heavy atom. The van der Waals surface area contributed by atoms with Crippen LogP contribution in [0.3, 0.4) is 0 Å². The minimum Gasteiger partial charge on any atom is -0.369 e. The van der Waals surface area contributed by atoms with E-state index in [2.05, 4.69) is 20.9 Å². The van der Waals surface area contributed by atoms with Crippen LogP contribution >= 0.6 is 15.9 Å². The Labute approximate surface area is 61.8 Å². The zero-order chi connectivity index (χ0) is 6.85. The van der Waals surface area contributed by atoms with Crippen LogP contribution < -0.4 is 0 Å². The summed E-state index contributed by atoms with van der Waals surface area (Å²) in [5.41, 5.74) is 0. The van der Waals surface area contributed by atoms with Crippen LogP contribution in [0.1, 0.15) is 0 Å². The maximum atomic E-state index is 9.17. The second kappa shape index (κ2) is 2.49. The number of aliphatic imine (C=N–C) groups is 1. The van der Waals surface area contributed by atoms with Gasteiger partial charge in [-0.05, 0) is 15.9 Å². The van der Waals surface area contributed by atoms with E-state index in [0.29, 0.717) is 4.48 Å². The summed E-state index contributed by atoms with van der Waals surface area (Å²) < 4.78 is 0.688. The largest absolute Gasteiger partial charge is 0.369 e. The number of aliphatic hydroxyl groups is 1. The molecule has 0 aliphatic carbocycles. The van der Waals surface area contributed by atoms with Crippen LogP contribution in [0.25, 0.3) is 0 Å². The normalized spacial score (nSPS) is 26.3. The van der Waals surface area contributed by atoms with Gasteiger partial charge in [0.25, 0.3) is 0 Å². The Balaban J connectivity index is 2.73. The van der Waals surface area contributed by atoms with Crippen molar-refractivity contribution in [2.24, 2.45) is 4.99 Å². The van der Waals surface area contributed by atoms with Gasteiger partial charge in [-0.25, -0.2) is 4.99 Å². The van der Waals surface area contributed by atoms with Crippen molar-refractivity contribution in [3.8, 4) is 0 Å². The lowest BCUT2D eigenvalue weighted by Gasteiger charge is -2.22. The Bertz CT molecular complexity index is 166. The Kier molecular flexibility index (Phi) is 1.87. The van der Waals surface area contributed by atoms with Gasteiger partial charge in [0.15, 0.2) is 6.23 Å². The van der Waals surface area contributed by atoms with Gasteiger partial charge in [0.05, 0.1) is 10.8 Å². The predicted octanol–water partition coefficient (Wildman–Crippen LogP) is 0.515. The molecule has 1 rings (SSSR count). The average molecular weight is 191 g/mol. The number of halogens is 1. The van der Waals surface area contributed by atoms with Crippen LogP contribution in [-0.2, 0) is 0 Å². The highest BCUT2D eigenvalue weighted by Gasteiger charge is 2.13. The zero-order valence-corrected chi connectivity index (χ0v) is 6.54. The average Bonchev–Trinajstić information content (AvgIpc) is 1.83. The third kappa shape index (κ3) is 1.31. The number of aliphatic hydroxyl groups excluding tert-OH is 1. The summed E-state index contributed by atoms with van der Waals surface area (Å²) >= 11 is 3.15. The molecule has 1 aliphatic rings. The van der Waals surface area contributed by atoms with Crippen LogP contribution in [0.4, 0.5) is 0 Å². The van der Waals surface area contributed by atoms with E-state index in [4.69, 9.17) is 5.11 Å². The second-order valence-corrected chi connectivity index (χ2v) is 2.73. The van der Waals surface area contributed by atoms with Crippen LogP contribution in [0.15, 0.2) is 15.7 Å². The number of nitrogens with zero attached hydrogens (tertiary/aromatic N) is 2. The van der Waals surface area contributed by atoms with Gasteiger partial charge in [-0.15, -0.1) is 0 Å². The molecule has 50 valence electrons. The number of rotatable bonds is 0. The maximum absolute atomic E-state index is 9.17. The molecule has 0 aromatic rings. The van der Waals surface area contributed by atoms with Crippen molar-refractivity contribution < 1.29 is 5.11 Å². The molecule has 0 aromatic carbocycles. The molecule has 1 unspecified atom stereocenters. The molecule has 1 heterocycles. The monoisotopic (exact) mass is 190 g/mol. The van der Waals surface area contributed by atoms with Crippen molar-refractivity contribution in [3.63, 3.8) is 0 Å². The van der Waals surface area contributed by atoms with Gasteiger partial charge < -0.3 is 10.0 Å². The molecule has 1 atom stereocenters. The third-order valence-corrected chi connectivity index (χ3v) is 1.69. The first-order valence-electron chi connectivity index (χ1n) is 2.50. The molecule has 9 heavy (non-hydrogen) atoms. The highest BCUT2D eigenvalue weighted by atomic mass is 79.9. The molecule has 1 N–H and O–H groups in total. The highest BCUT2D eigenvalue weighted by Crippen LogP contribution is 2.15. The summed E-state index contributed by atoms with van der Waals surface area (Å²) in [6, 6.07) is 0. The summed E-state index contributed by atoms with van der Waals surface area (Å²) in [5.74, 6) is 0. The summed E-state index contributed by atoms with van der Waals surface area (Å²) in [6.45, 7) is 0. The molecule has 0 saturated carbocycles. The standard InChI is InChI=1S/C5H7BrN2O/c1-8-3-7-2-4(6)5(8)9/h2-3,5,9H,1H3. The molecule has 0 spiro atoms. The van der Waals surface area contributed by atoms with E-state index in [9.17, 15) is 0 Å². The van der Waals surface area contributed by atoms with Crippen LogP contribution in [0.5, 0.6) is 0 Å². The van der Waals surface area contributed by atoms with E-state index >= 15 is 0 Å². The van der Waals surface area contributed by atoms with E-state index in [0.717, 1.165) is 0 Å². The van der Waals surface area contributed by atoms with Gasteiger partial charge in [-0.2, -0.15) is 0 Å². The number of hydrogen-bond donors (Lipinski definition) is 1. The van der Waals surface area contributed by atoms with Crippen molar-refractivity contribution in [1.82, 2.24) is 4.90 Å². The first-order valence-corrected chi connectivity index (χ1v) is 3.30. The fourth-order valence-corrected chi connectivity index (χ4v) is 0.975. The third-order valence-electron chi connectivity index (χ3n) is 1.08. The molecule has 0 saturated heterocycles. The highest BCUT2D eigenvalue weighted by molar-refractivity contribution is 9.11. The maximum Gasteiger partial charge on any atom is 0.161 e. The zero-order valence-electron chi connectivity index (χ0n) is 4.95. The number of hydrogen-bond acceptors (Lipinski definition) is 3. The van der Waals surface area contributed by atoms with Gasteiger partial charge >= 0.3 is 0 Å². The quantitative estimate of drug-likeness (QED) is 0.605. The van der Waals surface area contributed by atoms with Gasteiger partial charge in [0, 0.05) is 13.2 Å². The van der Waals surface area contributed by atoms with Gasteiger partial charge in [0.2, 0.25) is 0 Å². The van der Waals surface area contributed by atoms with E-state index in [1.54, 1.807) is 24.5 Å². The molecule has 0 radical (unpaired) electrons. The summed E-state index contributed by atoms with van der Waals surface area (Å²) in [7, 11) is 1.75. The number of likely N-dealkylation sites (N-methyl/N-ethyl adjacent to an activating group) is 1. The van der Waals surface area contributed by atoms with E-state index in [1.807, 2.05) is 0 Å². The van der Waals surface area contributed by atoms with E-state index in [-0.39, 0.29) is 0 Å². The predicted molar refractivity (Wildman–Crippen MR) is 39.3 cm³/mol. The van der Waals surface area contributed by atoms with Gasteiger partial charge in [-0.1, -0.05) is 0 Å². The Hall–Kier alpha value is -0.350. The summed E-state index contributed by atoms with van der Waals surface area (Å²) in [5, 5.41) is 9.17. The fourth-order valence-electron chi connectivity index (χ4n) is 0.534. The van der Waals surface area contributed by atoms with Crippen molar-refractivity contribution in [3.05, 3.63) is 10.7 Å². The second-order valence-electron chi connectivity index (χ2n) is 1.82. The van der Waals surface area contributed by atoms with Crippen LogP contribution in [0.2, 0.25) is 0 Å². The first-order chi connectivity index (χ1) is 4.22. The lowest BCUT2D eigenvalue weighted by atomic mass is 10.4. The molecule has 0 fully saturated rings. The fraction of sp³-hybridized carbons (Fsp3) is 0.400. The van der Waals surface area contributed by atoms with Gasteiger partial charge in [-0.3, -0.25) is 0 Å². The molecule has 4 heteroatoms. The topological polar surface area (TPSA) is 35.8 Å². The molecular formula is C5H7BrN2O. The minimum atomic E-state index is -0.567. The smallest absolute Gasteiger partial charge is 0.161 e. The van der Waals surface area contributed by atoms with E-state index in [1.165, 1.54) is 0 Å². The summed E-state index contributed by atoms with van der Waals surface area (Å²) in [4.78, 5) is 5.42. The molecule has 3 nitrogen and oxygen atoms in total. The van der Waals surface area contributed by atoms with Crippen LogP contribution in [-0.4, -0.2) is 29.6 Å². The lowest BCUT2D eigenvalue weighted by molar-refractivity contribution is 0.113. The minimum absolute atomic E-state index is 0.567. The molecular weight excluding hydrogens is 184 g/mol. The Morgan fingerprint density at radius 2 is 2.56 bits per heavy atom. The first kappa shape index (κ1) is 6.77. The van der Waals surface area contributed by atoms with Crippen molar-refractivity contribution in [2.75, 3.05) is 7.05 Å². The van der Waals surface area contributed by atoms with E-state index < -0.39 is 6.23 Å². The van der Waals surface area contributed by atoms with Crippen molar-refractivity contribution >= 4 is 22.3 Å².